The minimum atomic E-state index is -0.204. The highest BCUT2D eigenvalue weighted by Gasteiger charge is 2.08. The topological polar surface area (TPSA) is 62.2 Å². The Balaban J connectivity index is 2.18. The maximum atomic E-state index is 12.1. The van der Waals surface area contributed by atoms with Gasteiger partial charge in [-0.25, -0.2) is 4.98 Å². The number of aliphatic hydroxyl groups is 1. The molecule has 2 N–H and O–H groups in total. The van der Waals surface area contributed by atoms with Gasteiger partial charge in [-0.15, -0.1) is 11.3 Å². The molecule has 4 nitrogen and oxygen atoms in total. The molecule has 0 bridgehead atoms. The first kappa shape index (κ1) is 14.3. The van der Waals surface area contributed by atoms with E-state index in [1.54, 1.807) is 23.7 Å². The second-order valence-electron chi connectivity index (χ2n) is 4.10. The summed E-state index contributed by atoms with van der Waals surface area (Å²) in [7, 11) is 0. The minimum absolute atomic E-state index is 0.0380. The average molecular weight is 286 g/mol. The number of aliphatic hydroxyl groups excluding tert-OH is 1. The molecule has 0 saturated carbocycles. The summed E-state index contributed by atoms with van der Waals surface area (Å²) < 4.78 is 0. The molecule has 0 aliphatic heterocycles. The molecule has 0 atom stereocenters. The lowest BCUT2D eigenvalue weighted by molar-refractivity contribution is 0.102. The van der Waals surface area contributed by atoms with E-state index in [2.05, 4.69) is 22.1 Å². The van der Waals surface area contributed by atoms with Crippen LogP contribution >= 0.6 is 11.3 Å². The normalized spacial score (nSPS) is 9.70. The summed E-state index contributed by atoms with van der Waals surface area (Å²) in [5.41, 5.74) is 2.34. The number of thiazole rings is 1. The van der Waals surface area contributed by atoms with Crippen LogP contribution in [0.5, 0.6) is 0 Å². The van der Waals surface area contributed by atoms with Crippen molar-refractivity contribution in [3.05, 3.63) is 46.5 Å². The van der Waals surface area contributed by atoms with Crippen LogP contribution in [0.3, 0.4) is 0 Å². The Morgan fingerprint density at radius 2 is 2.35 bits per heavy atom. The molecule has 2 aromatic rings. The molecule has 1 amide bonds. The fourth-order valence-corrected chi connectivity index (χ4v) is 2.09. The predicted octanol–water partition coefficient (Wildman–Crippen LogP) is 2.44. The molecule has 20 heavy (non-hydrogen) atoms. The molecule has 0 unspecified atom stereocenters. The Morgan fingerprint density at radius 1 is 1.50 bits per heavy atom. The summed E-state index contributed by atoms with van der Waals surface area (Å²) in [5.74, 6) is 5.62. The van der Waals surface area contributed by atoms with Crippen LogP contribution in [0.4, 0.5) is 5.13 Å². The van der Waals surface area contributed by atoms with Crippen LogP contribution < -0.4 is 5.32 Å². The van der Waals surface area contributed by atoms with Gasteiger partial charge in [0.25, 0.3) is 5.91 Å². The standard InChI is InChI=1S/C15H14N2O2S/c1-11-5-6-13(10-12(11)4-2-3-8-18)14(19)17-15-16-7-9-20-15/h5-7,9-10,18H,3,8H2,1H3,(H,16,17,19). The molecular formula is C15H14N2O2S. The van der Waals surface area contributed by atoms with E-state index in [-0.39, 0.29) is 12.5 Å². The molecule has 0 aliphatic rings. The van der Waals surface area contributed by atoms with Crippen LogP contribution in [-0.4, -0.2) is 22.6 Å². The van der Waals surface area contributed by atoms with Crippen LogP contribution in [0.15, 0.2) is 29.8 Å². The van der Waals surface area contributed by atoms with Gasteiger partial charge >= 0.3 is 0 Å². The number of aryl methyl sites for hydroxylation is 1. The molecule has 0 spiro atoms. The van der Waals surface area contributed by atoms with Crippen molar-refractivity contribution in [1.29, 1.82) is 0 Å². The zero-order chi connectivity index (χ0) is 14.4. The van der Waals surface area contributed by atoms with E-state index in [4.69, 9.17) is 5.11 Å². The number of anilines is 1. The number of hydrogen-bond acceptors (Lipinski definition) is 4. The van der Waals surface area contributed by atoms with Crippen molar-refractivity contribution in [3.63, 3.8) is 0 Å². The van der Waals surface area contributed by atoms with E-state index in [0.717, 1.165) is 11.1 Å². The maximum absolute atomic E-state index is 12.1. The highest BCUT2D eigenvalue weighted by molar-refractivity contribution is 7.13. The molecule has 1 aromatic heterocycles. The van der Waals surface area contributed by atoms with E-state index in [1.807, 2.05) is 13.0 Å². The van der Waals surface area contributed by atoms with Crippen LogP contribution in [0.25, 0.3) is 0 Å². The van der Waals surface area contributed by atoms with Gasteiger partial charge in [-0.05, 0) is 24.6 Å². The molecule has 2 rings (SSSR count). The third-order valence-electron chi connectivity index (χ3n) is 2.61. The van der Waals surface area contributed by atoms with Gasteiger partial charge < -0.3 is 5.11 Å². The lowest BCUT2D eigenvalue weighted by atomic mass is 10.0. The van der Waals surface area contributed by atoms with E-state index < -0.39 is 0 Å². The number of rotatable bonds is 3. The third kappa shape index (κ3) is 3.67. The Hall–Kier alpha value is -2.16. The van der Waals surface area contributed by atoms with E-state index in [0.29, 0.717) is 17.1 Å². The lowest BCUT2D eigenvalue weighted by Crippen LogP contribution is -2.11. The fraction of sp³-hybridized carbons (Fsp3) is 0.200. The summed E-state index contributed by atoms with van der Waals surface area (Å²) in [6, 6.07) is 5.37. The van der Waals surface area contributed by atoms with Crippen molar-refractivity contribution in [2.45, 2.75) is 13.3 Å². The number of carbonyl (C=O) groups is 1. The molecule has 1 aromatic carbocycles. The van der Waals surface area contributed by atoms with Gasteiger partial charge in [0.1, 0.15) is 0 Å². The SMILES string of the molecule is Cc1ccc(C(=O)Nc2nccs2)cc1C#CCCO. The van der Waals surface area contributed by atoms with Gasteiger partial charge in [-0.1, -0.05) is 17.9 Å². The number of nitrogens with zero attached hydrogens (tertiary/aromatic N) is 1. The van der Waals surface area contributed by atoms with Crippen molar-refractivity contribution in [3.8, 4) is 11.8 Å². The number of carbonyl (C=O) groups excluding carboxylic acids is 1. The van der Waals surface area contributed by atoms with Crippen molar-refractivity contribution >= 4 is 22.4 Å². The van der Waals surface area contributed by atoms with E-state index in [9.17, 15) is 4.79 Å². The molecule has 0 fully saturated rings. The Labute approximate surface area is 121 Å². The third-order valence-corrected chi connectivity index (χ3v) is 3.30. The minimum Gasteiger partial charge on any atom is -0.395 e. The van der Waals surface area contributed by atoms with Crippen LogP contribution in [0.2, 0.25) is 0 Å². The summed E-state index contributed by atoms with van der Waals surface area (Å²) in [6.07, 6.45) is 2.07. The largest absolute Gasteiger partial charge is 0.395 e. The molecule has 0 radical (unpaired) electrons. The van der Waals surface area contributed by atoms with E-state index >= 15 is 0 Å². The molecule has 1 heterocycles. The molecule has 102 valence electrons. The maximum Gasteiger partial charge on any atom is 0.257 e. The number of benzene rings is 1. The molecule has 0 saturated heterocycles. The smallest absolute Gasteiger partial charge is 0.257 e. The Morgan fingerprint density at radius 3 is 3.05 bits per heavy atom. The second-order valence-corrected chi connectivity index (χ2v) is 4.99. The predicted molar refractivity (Wildman–Crippen MR) is 79.8 cm³/mol. The van der Waals surface area contributed by atoms with E-state index in [1.165, 1.54) is 11.3 Å². The van der Waals surface area contributed by atoms with Crippen LogP contribution in [0.1, 0.15) is 27.9 Å². The zero-order valence-corrected chi connectivity index (χ0v) is 11.8. The first-order valence-corrected chi connectivity index (χ1v) is 7.00. The summed E-state index contributed by atoms with van der Waals surface area (Å²) >= 11 is 1.37. The van der Waals surface area contributed by atoms with Gasteiger partial charge in [-0.3, -0.25) is 10.1 Å². The Kier molecular flexibility index (Phi) is 4.88. The van der Waals surface area contributed by atoms with Gasteiger partial charge in [0, 0.05) is 29.1 Å². The van der Waals surface area contributed by atoms with Crippen LogP contribution in [0, 0.1) is 18.8 Å². The molecule has 0 aliphatic carbocycles. The number of nitrogens with one attached hydrogen (secondary N) is 1. The number of hydrogen-bond donors (Lipinski definition) is 2. The van der Waals surface area contributed by atoms with Crippen molar-refractivity contribution in [1.82, 2.24) is 4.98 Å². The van der Waals surface area contributed by atoms with Crippen LogP contribution in [-0.2, 0) is 0 Å². The van der Waals surface area contributed by atoms with Gasteiger partial charge in [0.2, 0.25) is 0 Å². The number of aromatic nitrogens is 1. The fourth-order valence-electron chi connectivity index (χ4n) is 1.57. The quantitative estimate of drug-likeness (QED) is 0.852. The van der Waals surface area contributed by atoms with Crippen molar-refractivity contribution in [2.75, 3.05) is 11.9 Å². The lowest BCUT2D eigenvalue weighted by Gasteiger charge is -2.04. The average Bonchev–Trinajstić information content (AvgIpc) is 2.94. The first-order chi connectivity index (χ1) is 9.70. The summed E-state index contributed by atoms with van der Waals surface area (Å²) in [4.78, 5) is 16.1. The molecule has 5 heteroatoms. The zero-order valence-electron chi connectivity index (χ0n) is 11.0. The Bertz CT molecular complexity index is 654. The van der Waals surface area contributed by atoms with Gasteiger partial charge in [-0.2, -0.15) is 0 Å². The molecular weight excluding hydrogens is 272 g/mol. The highest BCUT2D eigenvalue weighted by atomic mass is 32.1. The second kappa shape index (κ2) is 6.85. The summed E-state index contributed by atoms with van der Waals surface area (Å²) in [6.45, 7) is 1.97. The highest BCUT2D eigenvalue weighted by Crippen LogP contribution is 2.14. The van der Waals surface area contributed by atoms with Gasteiger partial charge in [0.05, 0.1) is 6.61 Å². The van der Waals surface area contributed by atoms with Gasteiger partial charge in [0.15, 0.2) is 5.13 Å². The van der Waals surface area contributed by atoms with Crippen molar-refractivity contribution < 1.29 is 9.90 Å². The number of amides is 1. The van der Waals surface area contributed by atoms with Crippen molar-refractivity contribution in [2.24, 2.45) is 0 Å². The first-order valence-electron chi connectivity index (χ1n) is 6.12. The summed E-state index contributed by atoms with van der Waals surface area (Å²) in [5, 5.41) is 13.8. The monoisotopic (exact) mass is 286 g/mol.